The largest absolute Gasteiger partial charge is 0.354 e. The second-order valence-corrected chi connectivity index (χ2v) is 5.86. The highest BCUT2D eigenvalue weighted by atomic mass is 16.2. The zero-order valence-corrected chi connectivity index (χ0v) is 9.93. The van der Waals surface area contributed by atoms with Crippen LogP contribution >= 0.6 is 0 Å². The zero-order valence-electron chi connectivity index (χ0n) is 9.93. The first-order chi connectivity index (χ1) is 7.80. The first kappa shape index (κ1) is 10.6. The van der Waals surface area contributed by atoms with E-state index in [4.69, 9.17) is 0 Å². The molecule has 3 rings (SSSR count). The monoisotopic (exact) mass is 222 g/mol. The Bertz CT molecular complexity index is 276. The van der Waals surface area contributed by atoms with E-state index in [1.807, 2.05) is 0 Å². The summed E-state index contributed by atoms with van der Waals surface area (Å²) >= 11 is 0. The molecule has 90 valence electrons. The van der Waals surface area contributed by atoms with E-state index in [0.717, 1.165) is 25.4 Å². The van der Waals surface area contributed by atoms with E-state index in [1.165, 1.54) is 38.5 Å². The lowest BCUT2D eigenvalue weighted by Gasteiger charge is -2.24. The molecule has 3 nitrogen and oxygen atoms in total. The molecule has 2 saturated carbocycles. The van der Waals surface area contributed by atoms with Crippen molar-refractivity contribution >= 4 is 5.91 Å². The molecule has 0 spiro atoms. The Morgan fingerprint density at radius 1 is 1.25 bits per heavy atom. The van der Waals surface area contributed by atoms with Gasteiger partial charge in [-0.05, 0) is 56.4 Å². The minimum absolute atomic E-state index is 0.0868. The first-order valence-electron chi connectivity index (χ1n) is 6.81. The molecule has 1 aliphatic heterocycles. The van der Waals surface area contributed by atoms with Crippen LogP contribution in [0.2, 0.25) is 0 Å². The van der Waals surface area contributed by atoms with Crippen LogP contribution < -0.4 is 10.6 Å². The van der Waals surface area contributed by atoms with E-state index >= 15 is 0 Å². The highest BCUT2D eigenvalue weighted by Gasteiger charge is 2.53. The second-order valence-electron chi connectivity index (χ2n) is 5.86. The molecule has 1 atom stereocenters. The summed E-state index contributed by atoms with van der Waals surface area (Å²) in [6, 6.07) is 0.0868. The predicted molar refractivity (Wildman–Crippen MR) is 63.0 cm³/mol. The van der Waals surface area contributed by atoms with Crippen molar-refractivity contribution < 1.29 is 4.79 Å². The van der Waals surface area contributed by atoms with E-state index in [1.54, 1.807) is 0 Å². The van der Waals surface area contributed by atoms with E-state index in [2.05, 4.69) is 10.6 Å². The van der Waals surface area contributed by atoms with Crippen LogP contribution in [0.4, 0.5) is 0 Å². The van der Waals surface area contributed by atoms with Gasteiger partial charge in [-0.2, -0.15) is 0 Å². The molecule has 1 heterocycles. The minimum atomic E-state index is 0.0868. The summed E-state index contributed by atoms with van der Waals surface area (Å²) < 4.78 is 0. The molecule has 3 heteroatoms. The fourth-order valence-corrected chi connectivity index (χ4v) is 3.05. The standard InChI is InChI=1S/C13H22N2O/c16-12(11-3-1-2-8-14-11)15-9-13(6-7-13)10-4-5-10/h10-11,14H,1-9H2,(H,15,16). The lowest BCUT2D eigenvalue weighted by Crippen LogP contribution is -2.48. The van der Waals surface area contributed by atoms with Gasteiger partial charge < -0.3 is 10.6 Å². The Labute approximate surface area is 97.4 Å². The third-order valence-corrected chi connectivity index (χ3v) is 4.58. The van der Waals surface area contributed by atoms with Gasteiger partial charge in [-0.25, -0.2) is 0 Å². The Kier molecular flexibility index (Phi) is 2.66. The van der Waals surface area contributed by atoms with Crippen molar-refractivity contribution in [3.8, 4) is 0 Å². The fourth-order valence-electron chi connectivity index (χ4n) is 3.05. The lowest BCUT2D eigenvalue weighted by atomic mass is 10.00. The summed E-state index contributed by atoms with van der Waals surface area (Å²) in [4.78, 5) is 11.9. The van der Waals surface area contributed by atoms with Crippen LogP contribution in [-0.4, -0.2) is 25.0 Å². The Hall–Kier alpha value is -0.570. The summed E-state index contributed by atoms with van der Waals surface area (Å²) in [5.74, 6) is 1.18. The van der Waals surface area contributed by atoms with Crippen LogP contribution in [-0.2, 0) is 4.79 Å². The topological polar surface area (TPSA) is 41.1 Å². The van der Waals surface area contributed by atoms with Crippen LogP contribution in [0.5, 0.6) is 0 Å². The van der Waals surface area contributed by atoms with Crippen LogP contribution in [0.3, 0.4) is 0 Å². The maximum absolute atomic E-state index is 11.9. The Balaban J connectivity index is 1.45. The fraction of sp³-hybridized carbons (Fsp3) is 0.923. The summed E-state index contributed by atoms with van der Waals surface area (Å²) in [5, 5.41) is 6.48. The van der Waals surface area contributed by atoms with Gasteiger partial charge in [0.05, 0.1) is 6.04 Å². The number of hydrogen-bond donors (Lipinski definition) is 2. The molecule has 3 aliphatic rings. The number of rotatable bonds is 4. The molecule has 1 saturated heterocycles. The Morgan fingerprint density at radius 2 is 2.06 bits per heavy atom. The summed E-state index contributed by atoms with van der Waals surface area (Å²) in [7, 11) is 0. The minimum Gasteiger partial charge on any atom is -0.354 e. The van der Waals surface area contributed by atoms with Crippen molar-refractivity contribution in [2.24, 2.45) is 11.3 Å². The number of piperidine rings is 1. The summed E-state index contributed by atoms with van der Waals surface area (Å²) in [5.41, 5.74) is 0.532. The van der Waals surface area contributed by atoms with Crippen molar-refractivity contribution in [2.75, 3.05) is 13.1 Å². The van der Waals surface area contributed by atoms with Gasteiger partial charge in [-0.15, -0.1) is 0 Å². The lowest BCUT2D eigenvalue weighted by molar-refractivity contribution is -0.124. The van der Waals surface area contributed by atoms with E-state index in [-0.39, 0.29) is 11.9 Å². The molecule has 2 aliphatic carbocycles. The number of carbonyl (C=O) groups is 1. The number of nitrogens with one attached hydrogen (secondary N) is 2. The maximum Gasteiger partial charge on any atom is 0.237 e. The molecule has 3 fully saturated rings. The molecule has 0 aromatic carbocycles. The van der Waals surface area contributed by atoms with Crippen molar-refractivity contribution in [3.63, 3.8) is 0 Å². The molecule has 1 unspecified atom stereocenters. The second kappa shape index (κ2) is 4.02. The maximum atomic E-state index is 11.9. The van der Waals surface area contributed by atoms with Crippen molar-refractivity contribution in [1.82, 2.24) is 10.6 Å². The normalized spacial score (nSPS) is 32.1. The van der Waals surface area contributed by atoms with Crippen LogP contribution in [0.15, 0.2) is 0 Å². The highest BCUT2D eigenvalue weighted by molar-refractivity contribution is 5.81. The molecule has 0 aromatic heterocycles. The number of amides is 1. The zero-order chi connectivity index (χ0) is 11.0. The predicted octanol–water partition coefficient (Wildman–Crippen LogP) is 1.43. The van der Waals surface area contributed by atoms with Gasteiger partial charge in [0.15, 0.2) is 0 Å². The van der Waals surface area contributed by atoms with Crippen LogP contribution in [0.1, 0.15) is 44.9 Å². The molecular formula is C13H22N2O. The van der Waals surface area contributed by atoms with Crippen molar-refractivity contribution in [3.05, 3.63) is 0 Å². The number of hydrogen-bond acceptors (Lipinski definition) is 2. The van der Waals surface area contributed by atoms with Gasteiger partial charge in [0.1, 0.15) is 0 Å². The van der Waals surface area contributed by atoms with E-state index in [9.17, 15) is 4.79 Å². The molecular weight excluding hydrogens is 200 g/mol. The third-order valence-electron chi connectivity index (χ3n) is 4.58. The van der Waals surface area contributed by atoms with Crippen LogP contribution in [0.25, 0.3) is 0 Å². The number of carbonyl (C=O) groups excluding carboxylic acids is 1. The summed E-state index contributed by atoms with van der Waals surface area (Å²) in [6.45, 7) is 1.94. The highest BCUT2D eigenvalue weighted by Crippen LogP contribution is 2.60. The van der Waals surface area contributed by atoms with E-state index in [0.29, 0.717) is 5.41 Å². The van der Waals surface area contributed by atoms with Crippen LogP contribution in [0, 0.1) is 11.3 Å². The average molecular weight is 222 g/mol. The van der Waals surface area contributed by atoms with Gasteiger partial charge in [-0.3, -0.25) is 4.79 Å². The average Bonchev–Trinajstić information content (AvgIpc) is 3.17. The molecule has 1 amide bonds. The van der Waals surface area contributed by atoms with Gasteiger partial charge in [0, 0.05) is 6.54 Å². The quantitative estimate of drug-likeness (QED) is 0.755. The molecule has 16 heavy (non-hydrogen) atoms. The first-order valence-corrected chi connectivity index (χ1v) is 6.81. The smallest absolute Gasteiger partial charge is 0.237 e. The van der Waals surface area contributed by atoms with Crippen molar-refractivity contribution in [2.45, 2.75) is 51.0 Å². The van der Waals surface area contributed by atoms with Gasteiger partial charge in [0.25, 0.3) is 0 Å². The molecule has 0 bridgehead atoms. The third kappa shape index (κ3) is 2.10. The van der Waals surface area contributed by atoms with Crippen molar-refractivity contribution in [1.29, 1.82) is 0 Å². The van der Waals surface area contributed by atoms with E-state index < -0.39 is 0 Å². The SMILES string of the molecule is O=C(NCC1(C2CC2)CC1)C1CCCCN1. The van der Waals surface area contributed by atoms with Gasteiger partial charge in [0.2, 0.25) is 5.91 Å². The molecule has 2 N–H and O–H groups in total. The van der Waals surface area contributed by atoms with Gasteiger partial charge >= 0.3 is 0 Å². The van der Waals surface area contributed by atoms with Gasteiger partial charge in [-0.1, -0.05) is 6.42 Å². The molecule has 0 radical (unpaired) electrons. The summed E-state index contributed by atoms with van der Waals surface area (Å²) in [6.07, 6.45) is 8.91. The Morgan fingerprint density at radius 3 is 2.62 bits per heavy atom. The molecule has 0 aromatic rings.